The Bertz CT molecular complexity index is 872. The van der Waals surface area contributed by atoms with Gasteiger partial charge < -0.3 is 9.73 Å². The Morgan fingerprint density at radius 3 is 2.54 bits per heavy atom. The van der Waals surface area contributed by atoms with Crippen molar-refractivity contribution >= 4 is 5.91 Å². The van der Waals surface area contributed by atoms with Crippen LogP contribution in [0.5, 0.6) is 0 Å². The maximum Gasteiger partial charge on any atom is 0.287 e. The van der Waals surface area contributed by atoms with Gasteiger partial charge in [0.25, 0.3) is 5.91 Å². The van der Waals surface area contributed by atoms with E-state index >= 15 is 0 Å². The Hall–Kier alpha value is -2.88. The summed E-state index contributed by atoms with van der Waals surface area (Å²) in [5.41, 5.74) is 1.58. The second kappa shape index (κ2) is 5.96. The van der Waals surface area contributed by atoms with Gasteiger partial charge in [-0.3, -0.25) is 4.79 Å². The third-order valence-corrected chi connectivity index (χ3v) is 4.30. The van der Waals surface area contributed by atoms with Crippen LogP contribution in [0.4, 0.5) is 4.39 Å². The molecule has 0 radical (unpaired) electrons. The summed E-state index contributed by atoms with van der Waals surface area (Å²) in [5.74, 6) is 0.280. The number of hydrogen-bond acceptors (Lipinski definition) is 2. The van der Waals surface area contributed by atoms with Gasteiger partial charge in [0, 0.05) is 12.0 Å². The lowest BCUT2D eigenvalue weighted by Crippen LogP contribution is -2.26. The topological polar surface area (TPSA) is 42.2 Å². The highest BCUT2D eigenvalue weighted by Crippen LogP contribution is 2.40. The zero-order valence-electron chi connectivity index (χ0n) is 12.9. The van der Waals surface area contributed by atoms with Crippen molar-refractivity contribution < 1.29 is 13.6 Å². The van der Waals surface area contributed by atoms with Crippen molar-refractivity contribution in [3.63, 3.8) is 0 Å². The van der Waals surface area contributed by atoms with Crippen molar-refractivity contribution in [2.75, 3.05) is 0 Å². The minimum absolute atomic E-state index is 0.127. The number of nitrogens with one attached hydrogen (secondary N) is 1. The Labute approximate surface area is 139 Å². The highest BCUT2D eigenvalue weighted by molar-refractivity contribution is 5.92. The minimum atomic E-state index is -0.370. The third kappa shape index (κ3) is 2.83. The van der Waals surface area contributed by atoms with E-state index in [4.69, 9.17) is 4.42 Å². The monoisotopic (exact) mass is 321 g/mol. The first-order valence-electron chi connectivity index (χ1n) is 7.93. The lowest BCUT2D eigenvalue weighted by atomic mass is 10.1. The number of amides is 1. The minimum Gasteiger partial charge on any atom is -0.451 e. The molecule has 1 aliphatic carbocycles. The van der Waals surface area contributed by atoms with Gasteiger partial charge in [-0.05, 0) is 36.2 Å². The quantitative estimate of drug-likeness (QED) is 0.775. The summed E-state index contributed by atoms with van der Waals surface area (Å²) in [6.07, 6.45) is 0.927. The van der Waals surface area contributed by atoms with Crippen LogP contribution in [0.3, 0.4) is 0 Å². The molecule has 0 bridgehead atoms. The molecule has 1 heterocycles. The van der Waals surface area contributed by atoms with Crippen LogP contribution in [0.15, 0.2) is 71.1 Å². The molecule has 2 aromatic carbocycles. The van der Waals surface area contributed by atoms with Gasteiger partial charge in [-0.25, -0.2) is 4.39 Å². The van der Waals surface area contributed by atoms with Crippen LogP contribution >= 0.6 is 0 Å². The lowest BCUT2D eigenvalue weighted by molar-refractivity contribution is 0.0923. The Morgan fingerprint density at radius 2 is 1.75 bits per heavy atom. The number of carbonyl (C=O) groups is 1. The average Bonchev–Trinajstić information content (AvgIpc) is 3.19. The summed E-state index contributed by atoms with van der Waals surface area (Å²) in [5, 5.41) is 2.97. The molecule has 1 aromatic heterocycles. The second-order valence-corrected chi connectivity index (χ2v) is 5.98. The van der Waals surface area contributed by atoms with Crippen molar-refractivity contribution in [2.45, 2.75) is 18.4 Å². The summed E-state index contributed by atoms with van der Waals surface area (Å²) < 4.78 is 19.3. The van der Waals surface area contributed by atoms with Crippen LogP contribution in [0, 0.1) is 5.82 Å². The van der Waals surface area contributed by atoms with E-state index in [1.165, 1.54) is 11.6 Å². The normalized spacial score (nSPS) is 19.0. The summed E-state index contributed by atoms with van der Waals surface area (Å²) in [6, 6.07) is 19.8. The molecule has 0 unspecified atom stereocenters. The van der Waals surface area contributed by atoms with E-state index in [0.717, 1.165) is 6.42 Å². The van der Waals surface area contributed by atoms with E-state index < -0.39 is 0 Å². The molecular weight excluding hydrogens is 305 g/mol. The lowest BCUT2D eigenvalue weighted by Gasteiger charge is -2.03. The standard InChI is InChI=1S/C20H16FNO2/c21-16-9-5-4-8-14(16)18-10-11-19(24-18)20(23)22-17-12-15(17)13-6-2-1-3-7-13/h1-11,15,17H,12H2,(H,22,23)/t15-,17+/m1/s1. The summed E-state index contributed by atoms with van der Waals surface area (Å²) in [7, 11) is 0. The molecule has 1 fully saturated rings. The molecular formula is C20H16FNO2. The molecule has 24 heavy (non-hydrogen) atoms. The predicted molar refractivity (Wildman–Crippen MR) is 89.2 cm³/mol. The fourth-order valence-corrected chi connectivity index (χ4v) is 2.93. The molecule has 1 aliphatic rings. The van der Waals surface area contributed by atoms with E-state index in [1.54, 1.807) is 30.3 Å². The number of halogens is 1. The van der Waals surface area contributed by atoms with Crippen molar-refractivity contribution in [2.24, 2.45) is 0 Å². The molecule has 4 heteroatoms. The van der Waals surface area contributed by atoms with E-state index in [1.807, 2.05) is 18.2 Å². The predicted octanol–water partition coefficient (Wildman–Crippen LogP) is 4.37. The van der Waals surface area contributed by atoms with Crippen LogP contribution in [-0.4, -0.2) is 11.9 Å². The molecule has 0 spiro atoms. The van der Waals surface area contributed by atoms with Gasteiger partial charge in [0.15, 0.2) is 5.76 Å². The largest absolute Gasteiger partial charge is 0.451 e. The highest BCUT2D eigenvalue weighted by Gasteiger charge is 2.39. The van der Waals surface area contributed by atoms with Gasteiger partial charge in [0.2, 0.25) is 0 Å². The van der Waals surface area contributed by atoms with Gasteiger partial charge in [0.1, 0.15) is 11.6 Å². The van der Waals surface area contributed by atoms with Crippen molar-refractivity contribution in [3.8, 4) is 11.3 Å². The molecule has 2 atom stereocenters. The van der Waals surface area contributed by atoms with Gasteiger partial charge in [-0.2, -0.15) is 0 Å². The molecule has 3 nitrogen and oxygen atoms in total. The summed E-state index contributed by atoms with van der Waals surface area (Å²) >= 11 is 0. The number of rotatable bonds is 4. The molecule has 1 amide bonds. The zero-order valence-corrected chi connectivity index (χ0v) is 12.9. The van der Waals surface area contributed by atoms with E-state index in [0.29, 0.717) is 17.2 Å². The Balaban J connectivity index is 1.44. The van der Waals surface area contributed by atoms with Crippen LogP contribution in [0.25, 0.3) is 11.3 Å². The number of hydrogen-bond donors (Lipinski definition) is 1. The molecule has 3 aromatic rings. The van der Waals surface area contributed by atoms with Crippen LogP contribution in [-0.2, 0) is 0 Å². The Morgan fingerprint density at radius 1 is 1.00 bits per heavy atom. The van der Waals surface area contributed by atoms with Crippen LogP contribution in [0.2, 0.25) is 0 Å². The SMILES string of the molecule is O=C(N[C@H]1C[C@@H]1c1ccccc1)c1ccc(-c2ccccc2F)o1. The van der Waals surface area contributed by atoms with Crippen molar-refractivity contribution in [1.82, 2.24) is 5.32 Å². The van der Waals surface area contributed by atoms with Crippen LogP contribution in [0.1, 0.15) is 28.5 Å². The first kappa shape index (κ1) is 14.7. The summed E-state index contributed by atoms with van der Waals surface area (Å²) in [6.45, 7) is 0. The third-order valence-electron chi connectivity index (χ3n) is 4.30. The maximum absolute atomic E-state index is 13.8. The molecule has 0 aliphatic heterocycles. The van der Waals surface area contributed by atoms with Gasteiger partial charge >= 0.3 is 0 Å². The highest BCUT2D eigenvalue weighted by atomic mass is 19.1. The van der Waals surface area contributed by atoms with Gasteiger partial charge in [-0.1, -0.05) is 42.5 Å². The average molecular weight is 321 g/mol. The number of carbonyl (C=O) groups excluding carboxylic acids is 1. The number of furan rings is 1. The Kier molecular flexibility index (Phi) is 3.65. The first-order chi connectivity index (χ1) is 11.7. The molecule has 4 rings (SSSR count). The van der Waals surface area contributed by atoms with E-state index in [2.05, 4.69) is 17.4 Å². The second-order valence-electron chi connectivity index (χ2n) is 5.98. The van der Waals surface area contributed by atoms with Gasteiger partial charge in [-0.15, -0.1) is 0 Å². The smallest absolute Gasteiger partial charge is 0.287 e. The van der Waals surface area contributed by atoms with Crippen LogP contribution < -0.4 is 5.32 Å². The molecule has 1 saturated carbocycles. The number of benzene rings is 2. The molecule has 0 saturated heterocycles. The van der Waals surface area contributed by atoms with Crippen molar-refractivity contribution in [3.05, 3.63) is 83.9 Å². The summed E-state index contributed by atoms with van der Waals surface area (Å²) in [4.78, 5) is 12.3. The first-order valence-corrected chi connectivity index (χ1v) is 7.93. The fraction of sp³-hybridized carbons (Fsp3) is 0.150. The fourth-order valence-electron chi connectivity index (χ4n) is 2.93. The molecule has 1 N–H and O–H groups in total. The van der Waals surface area contributed by atoms with Crippen molar-refractivity contribution in [1.29, 1.82) is 0 Å². The maximum atomic E-state index is 13.8. The zero-order chi connectivity index (χ0) is 16.5. The van der Waals surface area contributed by atoms with E-state index in [9.17, 15) is 9.18 Å². The molecule has 120 valence electrons. The van der Waals surface area contributed by atoms with Gasteiger partial charge in [0.05, 0.1) is 5.56 Å². The van der Waals surface area contributed by atoms with E-state index in [-0.39, 0.29) is 23.5 Å².